The van der Waals surface area contributed by atoms with E-state index in [0.29, 0.717) is 23.7 Å². The van der Waals surface area contributed by atoms with E-state index < -0.39 is 0 Å². The molecule has 162 valence electrons. The molecule has 0 aliphatic heterocycles. The topological polar surface area (TPSA) is 0 Å². The molecular weight excluding hydrogens is 433 g/mol. The Bertz CT molecular complexity index is 920. The molecule has 31 heavy (non-hydrogen) atoms. The molecule has 0 saturated carbocycles. The second-order valence-corrected chi connectivity index (χ2v) is 11.2. The maximum atomic E-state index is 2.35. The molecule has 0 bridgehead atoms. The van der Waals surface area contributed by atoms with Crippen LogP contribution in [0, 0.1) is 0 Å². The van der Waals surface area contributed by atoms with Crippen LogP contribution in [0.25, 0.3) is 22.3 Å². The van der Waals surface area contributed by atoms with Crippen LogP contribution in [0.3, 0.4) is 0 Å². The molecular formula is C30H38Ge. The molecule has 0 aliphatic rings. The molecule has 0 unspecified atom stereocenters. The van der Waals surface area contributed by atoms with Crippen LogP contribution in [0.2, 0.25) is 0 Å². The van der Waals surface area contributed by atoms with Crippen molar-refractivity contribution in [1.29, 1.82) is 0 Å². The van der Waals surface area contributed by atoms with Gasteiger partial charge >= 0.3 is 199 Å². The van der Waals surface area contributed by atoms with Crippen molar-refractivity contribution in [2.24, 2.45) is 0 Å². The first-order valence-corrected chi connectivity index (χ1v) is 13.0. The summed E-state index contributed by atoms with van der Waals surface area (Å²) < 4.78 is 1.46. The third-order valence-electron chi connectivity index (χ3n) is 6.39. The molecule has 3 rings (SSSR count). The number of hydrogen-bond acceptors (Lipinski definition) is 0. The van der Waals surface area contributed by atoms with Gasteiger partial charge in [0.1, 0.15) is 0 Å². The SMILES string of the molecule is CC(C)c1cccc(C(C)C)c1-c1cccc(-c2c(C(C)C)cccc2C(C)C)[c]1[GeH]. The predicted molar refractivity (Wildman–Crippen MR) is 140 cm³/mol. The molecule has 0 aromatic heterocycles. The Morgan fingerprint density at radius 1 is 0.452 bits per heavy atom. The third kappa shape index (κ3) is 4.70. The van der Waals surface area contributed by atoms with E-state index in [2.05, 4.69) is 110 Å². The molecule has 0 N–H and O–H groups in total. The molecule has 1 heteroatoms. The predicted octanol–water partition coefficient (Wildman–Crippen LogP) is 8.04. The normalized spacial score (nSPS) is 11.9. The van der Waals surface area contributed by atoms with Gasteiger partial charge in [0.2, 0.25) is 0 Å². The monoisotopic (exact) mass is 472 g/mol. The van der Waals surface area contributed by atoms with Gasteiger partial charge in [0.15, 0.2) is 0 Å². The first-order valence-electron chi connectivity index (χ1n) is 11.8. The van der Waals surface area contributed by atoms with E-state index in [-0.39, 0.29) is 0 Å². The maximum absolute atomic E-state index is 2.35. The van der Waals surface area contributed by atoms with Gasteiger partial charge in [-0.3, -0.25) is 0 Å². The Balaban J connectivity index is 2.38. The summed E-state index contributed by atoms with van der Waals surface area (Å²) in [6.07, 6.45) is 0. The molecule has 0 spiro atoms. The van der Waals surface area contributed by atoms with Crippen molar-refractivity contribution in [3.05, 3.63) is 76.9 Å². The van der Waals surface area contributed by atoms with Crippen molar-refractivity contribution in [3.63, 3.8) is 0 Å². The third-order valence-corrected chi connectivity index (χ3v) is 7.70. The second kappa shape index (κ2) is 9.78. The van der Waals surface area contributed by atoms with Gasteiger partial charge in [0.25, 0.3) is 0 Å². The van der Waals surface area contributed by atoms with Gasteiger partial charge in [-0.25, -0.2) is 0 Å². The molecule has 3 aromatic carbocycles. The van der Waals surface area contributed by atoms with Crippen molar-refractivity contribution in [1.82, 2.24) is 0 Å². The van der Waals surface area contributed by atoms with Crippen molar-refractivity contribution >= 4 is 20.9 Å². The zero-order valence-electron chi connectivity index (χ0n) is 20.6. The van der Waals surface area contributed by atoms with Crippen LogP contribution in [0.5, 0.6) is 0 Å². The molecule has 0 amide bonds. The summed E-state index contributed by atoms with van der Waals surface area (Å²) in [5.74, 6) is 1.99. The Labute approximate surface area is 198 Å². The molecule has 0 aliphatic carbocycles. The van der Waals surface area contributed by atoms with E-state index in [0.717, 1.165) is 0 Å². The summed E-state index contributed by atoms with van der Waals surface area (Å²) in [6, 6.07) is 20.8. The number of rotatable bonds is 6. The van der Waals surface area contributed by atoms with Crippen LogP contribution in [-0.2, 0) is 0 Å². The minimum absolute atomic E-state index is 0.499. The quantitative estimate of drug-likeness (QED) is 0.319. The van der Waals surface area contributed by atoms with Crippen molar-refractivity contribution < 1.29 is 0 Å². The van der Waals surface area contributed by atoms with E-state index in [4.69, 9.17) is 0 Å². The van der Waals surface area contributed by atoms with E-state index in [1.165, 1.54) is 48.9 Å². The van der Waals surface area contributed by atoms with Gasteiger partial charge < -0.3 is 0 Å². The molecule has 0 heterocycles. The standard InChI is InChI=1S/C30H38Ge/c1-18(2)22-12-9-13-23(19(3)4)28(22)26-16-11-17-27(30(26)31)29-24(20(5)6)14-10-15-25(29)21(7)8/h9-21,31H,1-8H3. The zero-order chi connectivity index (χ0) is 22.9. The summed E-state index contributed by atoms with van der Waals surface area (Å²) in [7, 11) is 0. The Kier molecular flexibility index (Phi) is 7.52. The van der Waals surface area contributed by atoms with Gasteiger partial charge in [-0.05, 0) is 0 Å². The molecule has 0 atom stereocenters. The average molecular weight is 471 g/mol. The van der Waals surface area contributed by atoms with E-state index >= 15 is 0 Å². The van der Waals surface area contributed by atoms with E-state index in [1.54, 1.807) is 16.5 Å². The summed E-state index contributed by atoms with van der Waals surface area (Å²) >= 11 is 1.74. The van der Waals surface area contributed by atoms with Crippen molar-refractivity contribution in [3.8, 4) is 22.3 Å². The average Bonchev–Trinajstić information content (AvgIpc) is 2.72. The van der Waals surface area contributed by atoms with Gasteiger partial charge in [0, 0.05) is 0 Å². The first kappa shape index (κ1) is 23.9. The van der Waals surface area contributed by atoms with Crippen LogP contribution >= 0.6 is 0 Å². The second-order valence-electron chi connectivity index (χ2n) is 10.0. The summed E-state index contributed by atoms with van der Waals surface area (Å²) in [6.45, 7) is 18.5. The first-order chi connectivity index (χ1) is 14.6. The van der Waals surface area contributed by atoms with Crippen LogP contribution in [0.1, 0.15) is 101 Å². The van der Waals surface area contributed by atoms with Crippen LogP contribution < -0.4 is 4.40 Å². The van der Waals surface area contributed by atoms with Gasteiger partial charge in [-0.2, -0.15) is 0 Å². The molecule has 0 fully saturated rings. The van der Waals surface area contributed by atoms with Crippen molar-refractivity contribution in [2.75, 3.05) is 0 Å². The van der Waals surface area contributed by atoms with E-state index in [1.807, 2.05) is 0 Å². The Hall–Kier alpha value is -1.80. The zero-order valence-corrected chi connectivity index (χ0v) is 23.0. The van der Waals surface area contributed by atoms with Gasteiger partial charge in [0.05, 0.1) is 0 Å². The van der Waals surface area contributed by atoms with Crippen molar-refractivity contribution in [2.45, 2.75) is 79.1 Å². The Morgan fingerprint density at radius 2 is 0.710 bits per heavy atom. The fourth-order valence-corrected chi connectivity index (χ4v) is 5.73. The van der Waals surface area contributed by atoms with Crippen LogP contribution in [-0.4, -0.2) is 16.5 Å². The van der Waals surface area contributed by atoms with E-state index in [9.17, 15) is 0 Å². The summed E-state index contributed by atoms with van der Waals surface area (Å²) in [5.41, 5.74) is 11.6. The van der Waals surface area contributed by atoms with Crippen LogP contribution in [0.4, 0.5) is 0 Å². The molecule has 0 saturated heterocycles. The van der Waals surface area contributed by atoms with Crippen LogP contribution in [0.15, 0.2) is 54.6 Å². The van der Waals surface area contributed by atoms with Gasteiger partial charge in [-0.15, -0.1) is 0 Å². The number of hydrogen-bond donors (Lipinski definition) is 0. The minimum atomic E-state index is 0.499. The van der Waals surface area contributed by atoms with Gasteiger partial charge in [-0.1, -0.05) is 0 Å². The fraction of sp³-hybridized carbons (Fsp3) is 0.400. The molecule has 0 nitrogen and oxygen atoms in total. The molecule has 3 aromatic rings. The summed E-state index contributed by atoms with van der Waals surface area (Å²) in [5, 5.41) is 0. The fourth-order valence-electron chi connectivity index (χ4n) is 4.73. The number of benzene rings is 3. The Morgan fingerprint density at radius 3 is 0.968 bits per heavy atom. The molecule has 2 radical (unpaired) electrons. The summed E-state index contributed by atoms with van der Waals surface area (Å²) in [4.78, 5) is 0.